The maximum Gasteiger partial charge on any atom is 0.187 e. The summed E-state index contributed by atoms with van der Waals surface area (Å²) in [5.74, 6) is -2.18. The lowest BCUT2D eigenvalue weighted by atomic mass is 9.77. The maximum atomic E-state index is 15.0. The Morgan fingerprint density at radius 1 is 1.16 bits per heavy atom. The van der Waals surface area contributed by atoms with E-state index >= 15 is 0 Å². The zero-order valence-electron chi connectivity index (χ0n) is 18.0. The van der Waals surface area contributed by atoms with Gasteiger partial charge in [-0.25, -0.2) is 22.2 Å². The van der Waals surface area contributed by atoms with Crippen LogP contribution in [-0.4, -0.2) is 29.2 Å². The highest BCUT2D eigenvalue weighted by molar-refractivity contribution is 7.90. The fourth-order valence-corrected chi connectivity index (χ4v) is 6.38. The van der Waals surface area contributed by atoms with Gasteiger partial charge in [-0.1, -0.05) is 44.2 Å². The Kier molecular flexibility index (Phi) is 6.42. The molecule has 1 atom stereocenters. The van der Waals surface area contributed by atoms with Gasteiger partial charge in [0.1, 0.15) is 33.6 Å². The SMILES string of the molecule is CC1(C)CCN(Cc2cc(F)c(S(=O)(=O)Cc3ncns3)cc2F)[C@@H](c2ccccc2)C1. The predicted octanol–water partition coefficient (Wildman–Crippen LogP) is 5.15. The van der Waals surface area contributed by atoms with Crippen molar-refractivity contribution >= 4 is 21.4 Å². The highest BCUT2D eigenvalue weighted by atomic mass is 32.2. The van der Waals surface area contributed by atoms with Crippen LogP contribution in [0.5, 0.6) is 0 Å². The van der Waals surface area contributed by atoms with E-state index in [2.05, 4.69) is 40.2 Å². The van der Waals surface area contributed by atoms with E-state index < -0.39 is 32.1 Å². The van der Waals surface area contributed by atoms with Crippen molar-refractivity contribution in [3.63, 3.8) is 0 Å². The van der Waals surface area contributed by atoms with E-state index in [1.165, 1.54) is 6.33 Å². The Bertz CT molecular complexity index is 1180. The molecule has 0 spiro atoms. The summed E-state index contributed by atoms with van der Waals surface area (Å²) < 4.78 is 58.8. The monoisotopic (exact) mass is 477 g/mol. The maximum absolute atomic E-state index is 15.0. The summed E-state index contributed by atoms with van der Waals surface area (Å²) in [6, 6.07) is 11.9. The van der Waals surface area contributed by atoms with Crippen molar-refractivity contribution in [2.24, 2.45) is 5.41 Å². The van der Waals surface area contributed by atoms with E-state index in [1.807, 2.05) is 18.2 Å². The van der Waals surface area contributed by atoms with Gasteiger partial charge in [-0.15, -0.1) is 0 Å². The molecule has 1 fully saturated rings. The van der Waals surface area contributed by atoms with E-state index in [4.69, 9.17) is 0 Å². The van der Waals surface area contributed by atoms with Gasteiger partial charge in [-0.2, -0.15) is 4.37 Å². The third-order valence-electron chi connectivity index (χ3n) is 5.98. The standard InChI is InChI=1S/C23H25F2N3O2S2/c1-23(2)8-9-28(20(12-23)16-6-4-3-5-7-16)13-17-10-19(25)21(11-18(17)24)32(29,30)14-22-26-15-27-31-22/h3-7,10-11,15,20H,8-9,12-14H2,1-2H3/t20-/m1/s1. The molecule has 0 aliphatic carbocycles. The van der Waals surface area contributed by atoms with Crippen LogP contribution >= 0.6 is 11.5 Å². The van der Waals surface area contributed by atoms with Gasteiger partial charge in [0.15, 0.2) is 9.84 Å². The summed E-state index contributed by atoms with van der Waals surface area (Å²) in [5.41, 5.74) is 1.43. The molecular formula is C23H25F2N3O2S2. The van der Waals surface area contributed by atoms with Crippen molar-refractivity contribution in [3.05, 3.63) is 76.6 Å². The van der Waals surface area contributed by atoms with Crippen molar-refractivity contribution in [2.45, 2.75) is 49.9 Å². The van der Waals surface area contributed by atoms with Gasteiger partial charge in [0.2, 0.25) is 0 Å². The topological polar surface area (TPSA) is 63.2 Å². The van der Waals surface area contributed by atoms with Gasteiger partial charge in [0.05, 0.1) is 0 Å². The summed E-state index contributed by atoms with van der Waals surface area (Å²) >= 11 is 0.916. The molecule has 4 rings (SSSR count). The van der Waals surface area contributed by atoms with E-state index in [0.717, 1.165) is 48.6 Å². The molecule has 1 aromatic heterocycles. The first kappa shape index (κ1) is 22.9. The summed E-state index contributed by atoms with van der Waals surface area (Å²) in [4.78, 5) is 5.33. The summed E-state index contributed by atoms with van der Waals surface area (Å²) in [5, 5.41) is 0.232. The lowest BCUT2D eigenvalue weighted by Crippen LogP contribution is -2.39. The minimum atomic E-state index is -4.08. The van der Waals surface area contributed by atoms with Gasteiger partial charge in [0, 0.05) is 18.2 Å². The number of piperidine rings is 1. The number of benzene rings is 2. The molecule has 170 valence electrons. The minimum Gasteiger partial charge on any atom is -0.292 e. The summed E-state index contributed by atoms with van der Waals surface area (Å²) in [6.07, 6.45) is 3.07. The van der Waals surface area contributed by atoms with Gasteiger partial charge in [-0.05, 0) is 54.0 Å². The Morgan fingerprint density at radius 3 is 2.59 bits per heavy atom. The number of halogens is 2. The molecule has 1 saturated heterocycles. The third-order valence-corrected chi connectivity index (χ3v) is 8.46. The molecule has 9 heteroatoms. The average molecular weight is 478 g/mol. The molecule has 0 N–H and O–H groups in total. The lowest BCUT2D eigenvalue weighted by molar-refractivity contribution is 0.0627. The molecule has 3 aromatic rings. The first-order valence-corrected chi connectivity index (χ1v) is 12.8. The van der Waals surface area contributed by atoms with Crippen molar-refractivity contribution in [3.8, 4) is 0 Å². The molecule has 32 heavy (non-hydrogen) atoms. The van der Waals surface area contributed by atoms with Crippen LogP contribution in [0.3, 0.4) is 0 Å². The quantitative estimate of drug-likeness (QED) is 0.491. The zero-order chi connectivity index (χ0) is 22.9. The molecule has 0 saturated carbocycles. The number of nitrogens with zero attached hydrogens (tertiary/aromatic N) is 3. The number of likely N-dealkylation sites (tertiary alicyclic amines) is 1. The molecule has 2 aromatic carbocycles. The smallest absolute Gasteiger partial charge is 0.187 e. The molecule has 1 aliphatic heterocycles. The Balaban J connectivity index is 1.60. The van der Waals surface area contributed by atoms with Gasteiger partial charge in [0.25, 0.3) is 0 Å². The molecule has 5 nitrogen and oxygen atoms in total. The fraction of sp³-hybridized carbons (Fsp3) is 0.391. The van der Waals surface area contributed by atoms with Crippen LogP contribution in [0.4, 0.5) is 8.78 Å². The number of aromatic nitrogens is 2. The van der Waals surface area contributed by atoms with Crippen molar-refractivity contribution in [2.75, 3.05) is 6.54 Å². The van der Waals surface area contributed by atoms with Crippen LogP contribution in [0.15, 0.2) is 53.7 Å². The first-order chi connectivity index (χ1) is 15.1. The number of sulfone groups is 1. The zero-order valence-corrected chi connectivity index (χ0v) is 19.6. The van der Waals surface area contributed by atoms with Crippen molar-refractivity contribution in [1.29, 1.82) is 0 Å². The van der Waals surface area contributed by atoms with E-state index in [-0.39, 0.29) is 28.6 Å². The largest absolute Gasteiger partial charge is 0.292 e. The second-order valence-electron chi connectivity index (χ2n) is 8.98. The Labute approximate surface area is 191 Å². The van der Waals surface area contributed by atoms with Gasteiger partial charge < -0.3 is 0 Å². The molecular weight excluding hydrogens is 452 g/mol. The number of hydrogen-bond acceptors (Lipinski definition) is 6. The Morgan fingerprint density at radius 2 is 1.91 bits per heavy atom. The minimum absolute atomic E-state index is 0.0724. The van der Waals surface area contributed by atoms with Crippen LogP contribution in [0, 0.1) is 17.0 Å². The van der Waals surface area contributed by atoms with E-state index in [9.17, 15) is 17.2 Å². The number of hydrogen-bond donors (Lipinski definition) is 0. The van der Waals surface area contributed by atoms with Crippen LogP contribution in [0.2, 0.25) is 0 Å². The predicted molar refractivity (Wildman–Crippen MR) is 120 cm³/mol. The van der Waals surface area contributed by atoms with Crippen LogP contribution in [-0.2, 0) is 22.1 Å². The molecule has 2 heterocycles. The van der Waals surface area contributed by atoms with Crippen LogP contribution in [0.25, 0.3) is 0 Å². The van der Waals surface area contributed by atoms with E-state index in [0.29, 0.717) is 0 Å². The average Bonchev–Trinajstić information content (AvgIpc) is 3.24. The lowest BCUT2D eigenvalue weighted by Gasteiger charge is -2.44. The molecule has 0 unspecified atom stereocenters. The highest BCUT2D eigenvalue weighted by Gasteiger charge is 2.34. The third kappa shape index (κ3) is 5.05. The first-order valence-electron chi connectivity index (χ1n) is 10.4. The molecule has 0 radical (unpaired) electrons. The normalized spacial score (nSPS) is 19.2. The second kappa shape index (κ2) is 8.96. The molecule has 0 bridgehead atoms. The molecule has 0 amide bonds. The van der Waals surface area contributed by atoms with Gasteiger partial charge in [-0.3, -0.25) is 4.90 Å². The fourth-order valence-electron chi connectivity index (χ4n) is 4.20. The second-order valence-corrected chi connectivity index (χ2v) is 11.8. The van der Waals surface area contributed by atoms with Crippen molar-refractivity contribution < 1.29 is 17.2 Å². The number of rotatable bonds is 6. The van der Waals surface area contributed by atoms with Gasteiger partial charge >= 0.3 is 0 Å². The van der Waals surface area contributed by atoms with E-state index in [1.54, 1.807) is 0 Å². The van der Waals surface area contributed by atoms with Crippen molar-refractivity contribution in [1.82, 2.24) is 14.3 Å². The highest BCUT2D eigenvalue weighted by Crippen LogP contribution is 2.42. The summed E-state index contributed by atoms with van der Waals surface area (Å²) in [7, 11) is -4.08. The van der Waals surface area contributed by atoms with Crippen LogP contribution in [0.1, 0.15) is 48.9 Å². The summed E-state index contributed by atoms with van der Waals surface area (Å²) in [6.45, 7) is 5.39. The van der Waals surface area contributed by atoms with Crippen LogP contribution < -0.4 is 0 Å². The molecule has 1 aliphatic rings. The Hall–Kier alpha value is -2.23.